The van der Waals surface area contributed by atoms with Crippen LogP contribution < -0.4 is 5.32 Å². The Bertz CT molecular complexity index is 853. The highest BCUT2D eigenvalue weighted by Crippen LogP contribution is 2.47. The van der Waals surface area contributed by atoms with Crippen molar-refractivity contribution in [1.82, 2.24) is 5.32 Å². The first kappa shape index (κ1) is 46.4. The molecule has 9 atom stereocenters. The second-order valence-corrected chi connectivity index (χ2v) is 15.5. The molecule has 1 rings (SSSR count). The molecule has 8 N–H and O–H groups in total. The molecule has 0 heterocycles. The minimum Gasteiger partial charge on any atom is -0.391 e. The minimum atomic E-state index is -5.04. The number of hydrogen-bond acceptors (Lipinski definition) is 10. The number of carbonyl (C=O) groups excluding carboxylic acids is 1. The molecule has 6 unspecified atom stereocenters. The van der Waals surface area contributed by atoms with Crippen molar-refractivity contribution in [2.24, 2.45) is 0 Å². The maximum Gasteiger partial charge on any atom is 0.472 e. The fourth-order valence-electron chi connectivity index (χ4n) is 6.38. The average molecular weight is 726 g/mol. The SMILES string of the molecule is CCCCCCCCCCCCCCC[C@@H](O)[C@H](COP(=O)(O)OC1C(O)C(O)C(O)[C@@H](O)C1O)NC(=O)CCCCCCCCCCC. The van der Waals surface area contributed by atoms with E-state index in [2.05, 4.69) is 19.2 Å². The van der Waals surface area contributed by atoms with E-state index in [1.54, 1.807) is 0 Å². The van der Waals surface area contributed by atoms with Gasteiger partial charge in [-0.2, -0.15) is 0 Å². The first-order chi connectivity index (χ1) is 23.4. The summed E-state index contributed by atoms with van der Waals surface area (Å²) in [5.41, 5.74) is 0. The molecule has 1 aliphatic rings. The third kappa shape index (κ3) is 20.8. The van der Waals surface area contributed by atoms with Crippen LogP contribution in [0.3, 0.4) is 0 Å². The number of nitrogens with one attached hydrogen (secondary N) is 1. The molecular formula is C36H72NO11P. The molecule has 12 nitrogen and oxygen atoms in total. The largest absolute Gasteiger partial charge is 0.472 e. The van der Waals surface area contributed by atoms with Crippen molar-refractivity contribution < 1.29 is 53.9 Å². The normalized spacial score (nSPS) is 25.2. The summed E-state index contributed by atoms with van der Waals surface area (Å²) in [5, 5.41) is 63.7. The smallest absolute Gasteiger partial charge is 0.391 e. The fourth-order valence-corrected chi connectivity index (χ4v) is 7.34. The Morgan fingerprint density at radius 3 is 1.41 bits per heavy atom. The predicted molar refractivity (Wildman–Crippen MR) is 191 cm³/mol. The number of phosphoric acid groups is 1. The van der Waals surface area contributed by atoms with Crippen molar-refractivity contribution in [1.29, 1.82) is 0 Å². The third-order valence-corrected chi connectivity index (χ3v) is 10.7. The van der Waals surface area contributed by atoms with E-state index in [0.717, 1.165) is 38.5 Å². The second kappa shape index (κ2) is 27.9. The van der Waals surface area contributed by atoms with Gasteiger partial charge in [0.25, 0.3) is 0 Å². The molecule has 0 aromatic heterocycles. The predicted octanol–water partition coefficient (Wildman–Crippen LogP) is 5.55. The molecule has 49 heavy (non-hydrogen) atoms. The number of unbranched alkanes of at least 4 members (excludes halogenated alkanes) is 20. The Kier molecular flexibility index (Phi) is 26.4. The van der Waals surface area contributed by atoms with Gasteiger partial charge in [0.2, 0.25) is 5.91 Å². The van der Waals surface area contributed by atoms with E-state index in [9.17, 15) is 44.9 Å². The van der Waals surface area contributed by atoms with Crippen LogP contribution in [0.15, 0.2) is 0 Å². The lowest BCUT2D eigenvalue weighted by Gasteiger charge is -2.41. The fraction of sp³-hybridized carbons (Fsp3) is 0.972. The van der Waals surface area contributed by atoms with E-state index < -0.39 is 63.2 Å². The first-order valence-corrected chi connectivity index (χ1v) is 21.0. The van der Waals surface area contributed by atoms with Crippen molar-refractivity contribution in [2.75, 3.05) is 6.61 Å². The van der Waals surface area contributed by atoms with Crippen LogP contribution in [-0.2, 0) is 18.4 Å². The number of phosphoric ester groups is 1. The van der Waals surface area contributed by atoms with Gasteiger partial charge in [0.1, 0.15) is 36.6 Å². The molecule has 1 aliphatic carbocycles. The van der Waals surface area contributed by atoms with Crippen LogP contribution in [0, 0.1) is 0 Å². The first-order valence-electron chi connectivity index (χ1n) is 19.5. The Hall–Kier alpha value is -0.660. The topological polar surface area (TPSA) is 206 Å². The summed E-state index contributed by atoms with van der Waals surface area (Å²) in [6.45, 7) is 3.82. The van der Waals surface area contributed by atoms with Gasteiger partial charge in [-0.25, -0.2) is 4.57 Å². The lowest BCUT2D eigenvalue weighted by molar-refractivity contribution is -0.220. The van der Waals surface area contributed by atoms with E-state index in [0.29, 0.717) is 19.3 Å². The molecule has 0 spiro atoms. The van der Waals surface area contributed by atoms with E-state index in [1.165, 1.54) is 89.9 Å². The number of aliphatic hydroxyl groups excluding tert-OH is 6. The molecule has 0 aromatic rings. The number of hydrogen-bond donors (Lipinski definition) is 8. The van der Waals surface area contributed by atoms with Gasteiger partial charge in [-0.05, 0) is 12.8 Å². The molecule has 292 valence electrons. The highest BCUT2D eigenvalue weighted by Gasteiger charge is 2.51. The number of amides is 1. The maximum absolute atomic E-state index is 12.8. The number of carbonyl (C=O) groups is 1. The Morgan fingerprint density at radius 2 is 0.980 bits per heavy atom. The van der Waals surface area contributed by atoms with Gasteiger partial charge in [0.15, 0.2) is 0 Å². The van der Waals surface area contributed by atoms with Gasteiger partial charge in [0, 0.05) is 6.42 Å². The van der Waals surface area contributed by atoms with Crippen molar-refractivity contribution >= 4 is 13.7 Å². The lowest BCUT2D eigenvalue weighted by atomic mass is 9.85. The molecule has 0 saturated heterocycles. The third-order valence-electron chi connectivity index (χ3n) is 9.67. The van der Waals surface area contributed by atoms with Crippen LogP contribution in [0.25, 0.3) is 0 Å². The molecule has 1 fully saturated rings. The molecule has 0 aromatic carbocycles. The van der Waals surface area contributed by atoms with Crippen molar-refractivity contribution in [2.45, 2.75) is 217 Å². The van der Waals surface area contributed by atoms with Crippen molar-refractivity contribution in [3.05, 3.63) is 0 Å². The summed E-state index contributed by atoms with van der Waals surface area (Å²) in [7, 11) is -5.04. The van der Waals surface area contributed by atoms with Crippen LogP contribution in [0.5, 0.6) is 0 Å². The standard InChI is InChI=1S/C36H72NO11P/c1-3-5-7-9-11-13-14-15-16-18-19-21-23-25-29(38)28(37-30(39)26-24-22-20-17-12-10-8-6-4-2)27-47-49(45,46)48-36-34(43)32(41)31(40)33(42)35(36)44/h28-29,31-36,38,40-44H,3-27H2,1-2H3,(H,37,39)(H,45,46)/t28-,29+,31?,32+,33?,34?,35?,36?/m0/s1. The van der Waals surface area contributed by atoms with E-state index in [4.69, 9.17) is 9.05 Å². The Balaban J connectivity index is 2.56. The average Bonchev–Trinajstić information content (AvgIpc) is 3.08. The molecule has 0 radical (unpaired) electrons. The highest BCUT2D eigenvalue weighted by atomic mass is 31.2. The molecule has 1 amide bonds. The van der Waals surface area contributed by atoms with E-state index in [1.807, 2.05) is 0 Å². The van der Waals surface area contributed by atoms with Crippen molar-refractivity contribution in [3.63, 3.8) is 0 Å². The zero-order chi connectivity index (χ0) is 36.5. The minimum absolute atomic E-state index is 0.240. The van der Waals surface area contributed by atoms with Crippen LogP contribution in [0.4, 0.5) is 0 Å². The molecule has 13 heteroatoms. The zero-order valence-electron chi connectivity index (χ0n) is 30.5. The summed E-state index contributed by atoms with van der Waals surface area (Å²) >= 11 is 0. The van der Waals surface area contributed by atoms with Crippen LogP contribution in [0.1, 0.15) is 168 Å². The lowest BCUT2D eigenvalue weighted by Crippen LogP contribution is -2.64. The van der Waals surface area contributed by atoms with Crippen molar-refractivity contribution in [3.8, 4) is 0 Å². The highest BCUT2D eigenvalue weighted by molar-refractivity contribution is 7.47. The number of aliphatic hydroxyl groups is 6. The zero-order valence-corrected chi connectivity index (χ0v) is 31.4. The summed E-state index contributed by atoms with van der Waals surface area (Å²) in [5.74, 6) is -0.312. The maximum atomic E-state index is 12.8. The molecule has 1 saturated carbocycles. The summed E-state index contributed by atoms with van der Waals surface area (Å²) in [6.07, 6.45) is 13.0. The van der Waals surface area contributed by atoms with E-state index in [-0.39, 0.29) is 12.3 Å². The molecular weight excluding hydrogens is 653 g/mol. The second-order valence-electron chi connectivity index (χ2n) is 14.1. The van der Waals surface area contributed by atoms with Crippen LogP contribution >= 0.6 is 7.82 Å². The van der Waals surface area contributed by atoms with Gasteiger partial charge in [-0.1, -0.05) is 149 Å². The number of rotatable bonds is 31. The van der Waals surface area contributed by atoms with Gasteiger partial charge >= 0.3 is 7.82 Å². The summed E-state index contributed by atoms with van der Waals surface area (Å²) in [4.78, 5) is 23.2. The summed E-state index contributed by atoms with van der Waals surface area (Å²) < 4.78 is 22.8. The van der Waals surface area contributed by atoms with Crippen LogP contribution in [-0.4, -0.2) is 96.8 Å². The van der Waals surface area contributed by atoms with Crippen LogP contribution in [0.2, 0.25) is 0 Å². The van der Waals surface area contributed by atoms with Gasteiger partial charge in [-0.3, -0.25) is 13.8 Å². The van der Waals surface area contributed by atoms with Gasteiger partial charge in [-0.15, -0.1) is 0 Å². The monoisotopic (exact) mass is 725 g/mol. The molecule has 0 aliphatic heterocycles. The van der Waals surface area contributed by atoms with E-state index >= 15 is 0 Å². The quantitative estimate of drug-likeness (QED) is 0.0328. The Morgan fingerprint density at radius 1 is 0.612 bits per heavy atom. The van der Waals surface area contributed by atoms with Gasteiger partial charge < -0.3 is 40.8 Å². The Labute approximate surface area is 296 Å². The molecule has 0 bridgehead atoms. The summed E-state index contributed by atoms with van der Waals surface area (Å²) in [6, 6.07) is -1.02. The van der Waals surface area contributed by atoms with Gasteiger partial charge in [0.05, 0.1) is 18.8 Å².